The molecule has 1 saturated heterocycles. The molecule has 12 nitrogen and oxygen atoms in total. The molecule has 0 spiro atoms. The van der Waals surface area contributed by atoms with Gasteiger partial charge in [0.05, 0.1) is 19.8 Å². The molecule has 0 saturated carbocycles. The number of hydrogen-bond acceptors (Lipinski definition) is 9. The Morgan fingerprint density at radius 3 is 2.62 bits per heavy atom. The van der Waals surface area contributed by atoms with Crippen molar-refractivity contribution in [3.05, 3.63) is 32.6 Å². The zero-order valence-corrected chi connectivity index (χ0v) is 20.4. The van der Waals surface area contributed by atoms with Crippen LogP contribution in [0.1, 0.15) is 57.7 Å². The summed E-state index contributed by atoms with van der Waals surface area (Å²) in [5, 5.41) is 0. The summed E-state index contributed by atoms with van der Waals surface area (Å²) in [7, 11) is -7.21. The monoisotopic (exact) mass is 498 g/mol. The lowest BCUT2D eigenvalue weighted by atomic mass is 10.2. The second kappa shape index (κ2) is 13.0. The van der Waals surface area contributed by atoms with Crippen molar-refractivity contribution in [2.24, 2.45) is 0 Å². The van der Waals surface area contributed by atoms with E-state index in [1.54, 1.807) is 0 Å². The lowest BCUT2D eigenvalue weighted by Gasteiger charge is -2.21. The first-order chi connectivity index (χ1) is 15.2. The Kier molecular flexibility index (Phi) is 11.0. The first kappa shape index (κ1) is 27.1. The lowest BCUT2D eigenvalue weighted by molar-refractivity contribution is -0.0426. The Labute approximate surface area is 186 Å². The molecule has 0 aliphatic carbocycles. The van der Waals surface area contributed by atoms with Gasteiger partial charge in [-0.2, -0.15) is 0 Å². The molecule has 0 aromatic carbocycles. The molecule has 2 heterocycles. The van der Waals surface area contributed by atoms with Crippen LogP contribution in [-0.2, 0) is 32.0 Å². The van der Waals surface area contributed by atoms with E-state index in [1.807, 2.05) is 13.8 Å². The number of aromatic amines is 1. The van der Waals surface area contributed by atoms with Gasteiger partial charge < -0.3 is 18.7 Å². The fourth-order valence-corrected chi connectivity index (χ4v) is 4.63. The molecule has 184 valence electrons. The van der Waals surface area contributed by atoms with Gasteiger partial charge in [0.15, 0.2) is 0 Å². The number of rotatable bonds is 14. The molecule has 3 unspecified atom stereocenters. The number of ether oxygens (including phenoxy) is 1. The molecule has 14 heteroatoms. The number of phosphoric acid groups is 1. The summed E-state index contributed by atoms with van der Waals surface area (Å²) in [5.41, 5.74) is -0.937. The Morgan fingerprint density at radius 1 is 1.25 bits per heavy atom. The van der Waals surface area contributed by atoms with Gasteiger partial charge in [0.2, 0.25) is 0 Å². The first-order valence-corrected chi connectivity index (χ1v) is 13.3. The van der Waals surface area contributed by atoms with Crippen molar-refractivity contribution in [1.29, 1.82) is 0 Å². The Hall–Kier alpha value is -1.10. The fraction of sp³-hybridized carbons (Fsp3) is 0.778. The van der Waals surface area contributed by atoms with E-state index in [9.17, 15) is 23.6 Å². The maximum Gasteiger partial charge on any atom is 0.472 e. The van der Waals surface area contributed by atoms with Crippen LogP contribution in [0.2, 0.25) is 0 Å². The summed E-state index contributed by atoms with van der Waals surface area (Å²) in [6.45, 7) is 5.47. The zero-order chi connectivity index (χ0) is 23.7. The quantitative estimate of drug-likeness (QED) is 0.289. The molecule has 5 atom stereocenters. The second-order valence-corrected chi connectivity index (χ2v) is 9.89. The summed E-state index contributed by atoms with van der Waals surface area (Å²) in [5.74, 6) is 0. The van der Waals surface area contributed by atoms with E-state index in [0.29, 0.717) is 6.42 Å². The predicted octanol–water partition coefficient (Wildman–Crippen LogP) is 2.66. The predicted molar refractivity (Wildman–Crippen MR) is 116 cm³/mol. The molecule has 1 aliphatic rings. The number of unbranched alkanes of at least 4 members (excludes halogenated alkanes) is 2. The van der Waals surface area contributed by atoms with Crippen LogP contribution in [-0.4, -0.2) is 46.5 Å². The number of nitrogens with zero attached hydrogens (tertiary/aromatic N) is 1. The van der Waals surface area contributed by atoms with Gasteiger partial charge in [0.25, 0.3) is 5.56 Å². The van der Waals surface area contributed by atoms with Crippen molar-refractivity contribution in [3.63, 3.8) is 0 Å². The van der Waals surface area contributed by atoms with Crippen LogP contribution in [0.15, 0.2) is 15.8 Å². The van der Waals surface area contributed by atoms with E-state index < -0.39 is 45.8 Å². The number of hydrogen-bond donors (Lipinski definition) is 2. The minimum absolute atomic E-state index is 0.00126. The third-order valence-corrected chi connectivity index (χ3v) is 6.63. The smallest absolute Gasteiger partial charge is 0.349 e. The molecule has 2 rings (SSSR count). The fourth-order valence-electron chi connectivity index (χ4n) is 2.95. The number of aromatic nitrogens is 2. The van der Waals surface area contributed by atoms with Crippen molar-refractivity contribution < 1.29 is 36.9 Å². The van der Waals surface area contributed by atoms with Crippen LogP contribution in [0, 0.1) is 6.92 Å². The Bertz CT molecular complexity index is 918. The second-order valence-electron chi connectivity index (χ2n) is 7.41. The van der Waals surface area contributed by atoms with E-state index in [2.05, 4.69) is 4.98 Å². The van der Waals surface area contributed by atoms with Gasteiger partial charge in [-0.3, -0.25) is 28.0 Å². The molecular weight excluding hydrogens is 466 g/mol. The van der Waals surface area contributed by atoms with Crippen molar-refractivity contribution in [2.45, 2.75) is 71.3 Å². The van der Waals surface area contributed by atoms with E-state index in [4.69, 9.17) is 22.8 Å². The molecule has 0 bridgehead atoms. The summed E-state index contributed by atoms with van der Waals surface area (Å²) in [4.78, 5) is 36.1. The van der Waals surface area contributed by atoms with Gasteiger partial charge in [-0.1, -0.05) is 26.7 Å². The number of nitrogens with one attached hydrogen (secondary N) is 1. The number of H-pyrrole nitrogens is 1. The van der Waals surface area contributed by atoms with Gasteiger partial charge >= 0.3 is 21.8 Å². The Morgan fingerprint density at radius 2 is 1.94 bits per heavy atom. The molecule has 2 N–H and O–H groups in total. The van der Waals surface area contributed by atoms with E-state index >= 15 is 0 Å². The summed E-state index contributed by atoms with van der Waals surface area (Å²) in [6, 6.07) is 0. The van der Waals surface area contributed by atoms with Gasteiger partial charge in [-0.15, -0.1) is 0 Å². The molecule has 1 fully saturated rings. The normalized spacial score (nSPS) is 23.8. The van der Waals surface area contributed by atoms with Crippen molar-refractivity contribution >= 4 is 16.1 Å². The average molecular weight is 498 g/mol. The molecule has 1 aromatic rings. The van der Waals surface area contributed by atoms with Crippen LogP contribution in [0.3, 0.4) is 0 Å². The SMILES string of the molecule is CCCCO[PH](=O)OC[C@H]1OC(n2cc(C)c(=O)[nH]c2=O)C[C@@H]1OP(=O)(O)OCCCC. The van der Waals surface area contributed by atoms with Crippen LogP contribution in [0.25, 0.3) is 0 Å². The van der Waals surface area contributed by atoms with Gasteiger partial charge in [0, 0.05) is 18.2 Å². The molecular formula is C18H32N2O10P2. The van der Waals surface area contributed by atoms with Gasteiger partial charge in [-0.05, 0) is 19.8 Å². The Balaban J connectivity index is 2.12. The van der Waals surface area contributed by atoms with E-state index in [0.717, 1.165) is 23.8 Å². The zero-order valence-electron chi connectivity index (χ0n) is 18.5. The maximum absolute atomic E-state index is 12.3. The minimum atomic E-state index is -4.41. The lowest BCUT2D eigenvalue weighted by Crippen LogP contribution is -2.33. The highest BCUT2D eigenvalue weighted by molar-refractivity contribution is 7.47. The summed E-state index contributed by atoms with van der Waals surface area (Å²) in [6.07, 6.45) is 1.44. The highest BCUT2D eigenvalue weighted by Gasteiger charge is 2.42. The van der Waals surface area contributed by atoms with Crippen molar-refractivity contribution in [1.82, 2.24) is 9.55 Å². The van der Waals surface area contributed by atoms with Gasteiger partial charge in [0.1, 0.15) is 18.4 Å². The van der Waals surface area contributed by atoms with Gasteiger partial charge in [-0.25, -0.2) is 9.36 Å². The van der Waals surface area contributed by atoms with Crippen molar-refractivity contribution in [3.8, 4) is 0 Å². The number of phosphoric ester groups is 1. The molecule has 1 aliphatic heterocycles. The minimum Gasteiger partial charge on any atom is -0.349 e. The van der Waals surface area contributed by atoms with E-state index in [1.165, 1.54) is 13.1 Å². The average Bonchev–Trinajstić information content (AvgIpc) is 3.11. The molecule has 0 amide bonds. The summed E-state index contributed by atoms with van der Waals surface area (Å²) >= 11 is 0. The van der Waals surface area contributed by atoms with E-state index in [-0.39, 0.29) is 31.8 Å². The standard InChI is InChI=1S/C18H32N2O10P2/c1-4-6-8-26-31(23)27-12-15-14(30-32(24,25)28-9-7-5-2)10-16(29-15)20-11-13(3)17(21)19-18(20)22/h11,14-16,31H,4-10,12H2,1-3H3,(H,24,25)(H,19,21,22)/t14-,15+,16?/m0/s1. The third kappa shape index (κ3) is 8.35. The highest BCUT2D eigenvalue weighted by atomic mass is 31.2. The van der Waals surface area contributed by atoms with Crippen molar-refractivity contribution in [2.75, 3.05) is 19.8 Å². The summed E-state index contributed by atoms with van der Waals surface area (Å²) < 4.78 is 51.9. The van der Waals surface area contributed by atoms with Crippen LogP contribution in [0.4, 0.5) is 0 Å². The first-order valence-electron chi connectivity index (χ1n) is 10.6. The molecule has 0 radical (unpaired) electrons. The number of aryl methyl sites for hydroxylation is 1. The van der Waals surface area contributed by atoms with Crippen LogP contribution < -0.4 is 11.2 Å². The highest BCUT2D eigenvalue weighted by Crippen LogP contribution is 2.48. The maximum atomic E-state index is 12.3. The molecule has 32 heavy (non-hydrogen) atoms. The topological polar surface area (TPSA) is 155 Å². The molecule has 1 aromatic heterocycles. The largest absolute Gasteiger partial charge is 0.472 e. The third-order valence-electron chi connectivity index (χ3n) is 4.74. The van der Waals surface area contributed by atoms with Crippen LogP contribution in [0.5, 0.6) is 0 Å². The van der Waals surface area contributed by atoms with Crippen LogP contribution >= 0.6 is 16.1 Å².